The predicted molar refractivity (Wildman–Crippen MR) is 213 cm³/mol. The monoisotopic (exact) mass is 837 g/mol. The number of anilines is 1. The van der Waals surface area contributed by atoms with Gasteiger partial charge in [-0.3, -0.25) is 34.0 Å². The molecule has 1 unspecified atom stereocenters. The Hall–Kier alpha value is -6.89. The molecular weight excluding hydrogens is 797 g/mol. The van der Waals surface area contributed by atoms with Gasteiger partial charge in [-0.05, 0) is 80.3 Å². The number of hydrogen-bond donors (Lipinski definition) is 3. The van der Waals surface area contributed by atoms with E-state index in [0.717, 1.165) is 41.0 Å². The first-order valence-electron chi connectivity index (χ1n) is 20.0. The summed E-state index contributed by atoms with van der Waals surface area (Å²) in [5.41, 5.74) is 2.59. The number of alkyl halides is 2. The van der Waals surface area contributed by atoms with Crippen molar-refractivity contribution in [1.82, 2.24) is 39.9 Å². The van der Waals surface area contributed by atoms with E-state index in [2.05, 4.69) is 36.0 Å². The molecule has 1 aliphatic carbocycles. The Morgan fingerprint density at radius 2 is 1.84 bits per heavy atom. The number of imide groups is 1. The number of hydrogen-bond acceptors (Lipinski definition) is 12. The van der Waals surface area contributed by atoms with Gasteiger partial charge in [-0.25, -0.2) is 28.2 Å². The van der Waals surface area contributed by atoms with Crippen LogP contribution < -0.4 is 21.7 Å². The lowest BCUT2D eigenvalue weighted by Gasteiger charge is -2.21. The molecule has 6 aromatic rings. The fraction of sp³-hybridized carbons (Fsp3) is 0.357. The summed E-state index contributed by atoms with van der Waals surface area (Å²) < 4.78 is 47.3. The molecule has 1 saturated heterocycles. The summed E-state index contributed by atoms with van der Waals surface area (Å²) in [6, 6.07) is 11.0. The van der Waals surface area contributed by atoms with Crippen molar-refractivity contribution in [1.29, 1.82) is 0 Å². The molecule has 316 valence electrons. The largest absolute Gasteiger partial charge is 0.444 e. The molecule has 6 heterocycles. The van der Waals surface area contributed by atoms with Crippen LogP contribution in [0.2, 0.25) is 0 Å². The van der Waals surface area contributed by atoms with Gasteiger partial charge >= 0.3 is 5.76 Å². The van der Waals surface area contributed by atoms with Crippen LogP contribution >= 0.6 is 0 Å². The maximum absolute atomic E-state index is 14.0. The van der Waals surface area contributed by atoms with Crippen LogP contribution in [0, 0.1) is 5.92 Å². The number of nitrogens with one attached hydrogen (secondary N) is 3. The van der Waals surface area contributed by atoms with Crippen LogP contribution in [0.4, 0.5) is 14.5 Å². The van der Waals surface area contributed by atoms with E-state index in [1.807, 2.05) is 12.1 Å². The Morgan fingerprint density at radius 1 is 0.984 bits per heavy atom. The van der Waals surface area contributed by atoms with E-state index >= 15 is 0 Å². The Labute approximate surface area is 345 Å². The molecule has 1 aromatic carbocycles. The molecule has 0 radical (unpaired) electrons. The first-order valence-corrected chi connectivity index (χ1v) is 20.0. The van der Waals surface area contributed by atoms with E-state index in [1.165, 1.54) is 41.9 Å². The molecule has 2 fully saturated rings. The van der Waals surface area contributed by atoms with Gasteiger partial charge in [0.05, 0.1) is 29.3 Å². The third-order valence-corrected chi connectivity index (χ3v) is 10.5. The number of amides is 4. The number of carbonyl (C=O) groups excluding carboxylic acids is 4. The van der Waals surface area contributed by atoms with Crippen molar-refractivity contribution in [3.8, 4) is 17.1 Å². The number of pyridine rings is 2. The summed E-state index contributed by atoms with van der Waals surface area (Å²) in [5, 5.41) is 11.4. The van der Waals surface area contributed by atoms with E-state index in [1.54, 1.807) is 24.4 Å². The quantitative estimate of drug-likeness (QED) is 0.0722. The predicted octanol–water partition coefficient (Wildman–Crippen LogP) is 5.50. The van der Waals surface area contributed by atoms with Crippen LogP contribution in [-0.4, -0.2) is 72.7 Å². The Kier molecular flexibility index (Phi) is 12.2. The lowest BCUT2D eigenvalue weighted by molar-refractivity contribution is -0.135. The highest BCUT2D eigenvalue weighted by Gasteiger charge is 2.32. The van der Waals surface area contributed by atoms with E-state index in [9.17, 15) is 32.8 Å². The Bertz CT molecular complexity index is 2630. The van der Waals surface area contributed by atoms with Gasteiger partial charge in [0.15, 0.2) is 17.0 Å². The Morgan fingerprint density at radius 3 is 2.62 bits per heavy atom. The lowest BCUT2D eigenvalue weighted by atomic mass is 10.0. The molecule has 2 aliphatic rings. The first-order chi connectivity index (χ1) is 29.6. The van der Waals surface area contributed by atoms with Gasteiger partial charge in [0.2, 0.25) is 17.7 Å². The maximum Gasteiger partial charge on any atom is 0.420 e. The van der Waals surface area contributed by atoms with Gasteiger partial charge in [0.1, 0.15) is 18.0 Å². The van der Waals surface area contributed by atoms with Gasteiger partial charge in [-0.1, -0.05) is 25.0 Å². The SMILES string of the molecule is O=C1CCC(n2c(=O)oc3c(CCCOCCCNC(=O)c4ccc(-n5cc(NC(=O)c6coc(-c7ccnc(CCC8CC8)c7)n6)c(C(F)F)n5)cn4)cccc32)C(=O)N1. The number of ether oxygens (including phenoxy) is 1. The fourth-order valence-corrected chi connectivity index (χ4v) is 7.10. The topological polar surface area (TPSA) is 218 Å². The number of benzene rings is 1. The van der Waals surface area contributed by atoms with E-state index in [4.69, 9.17) is 13.6 Å². The molecule has 3 N–H and O–H groups in total. The van der Waals surface area contributed by atoms with Gasteiger partial charge < -0.3 is 24.2 Å². The zero-order chi connectivity index (χ0) is 42.5. The zero-order valence-corrected chi connectivity index (χ0v) is 32.8. The second-order valence-electron chi connectivity index (χ2n) is 14.9. The summed E-state index contributed by atoms with van der Waals surface area (Å²) in [6.45, 7) is 1.08. The molecule has 1 saturated carbocycles. The standard InChI is InChI=1S/C42H41F2N9O8/c43-37(44)35-30(48-39(56)31-23-60-41(49-31)26-15-17-45-27(20-26)10-9-24-7-8-24)22-52(51-35)28-11-12-29(47-21-28)38(55)46-16-3-19-59-18-2-5-25-4-1-6-32-36(25)61-42(58)53(32)33-13-14-34(54)50-40(33)57/h1,4,6,11-12,15,17,20-24,33,37H,2-3,5,7-10,13-14,16,18-19H2,(H,46,55)(H,48,56)(H,50,54,57). The van der Waals surface area contributed by atoms with Crippen molar-refractivity contribution in [2.75, 3.05) is 25.1 Å². The molecule has 61 heavy (non-hydrogen) atoms. The normalized spacial score (nSPS) is 15.4. The van der Waals surface area contributed by atoms with Crippen LogP contribution in [0.25, 0.3) is 28.2 Å². The summed E-state index contributed by atoms with van der Waals surface area (Å²) in [6.07, 6.45) is 8.76. The molecule has 1 aliphatic heterocycles. The number of oxazole rings is 2. The average molecular weight is 838 g/mol. The third kappa shape index (κ3) is 9.62. The van der Waals surface area contributed by atoms with Crippen molar-refractivity contribution in [2.24, 2.45) is 5.92 Å². The van der Waals surface area contributed by atoms with Gasteiger partial charge in [-0.2, -0.15) is 5.10 Å². The van der Waals surface area contributed by atoms with Crippen LogP contribution in [0.5, 0.6) is 0 Å². The number of aryl methyl sites for hydroxylation is 2. The van der Waals surface area contributed by atoms with Gasteiger partial charge in [-0.15, -0.1) is 0 Å². The highest BCUT2D eigenvalue weighted by molar-refractivity contribution is 6.03. The molecule has 0 spiro atoms. The summed E-state index contributed by atoms with van der Waals surface area (Å²) >= 11 is 0. The molecule has 0 bridgehead atoms. The van der Waals surface area contributed by atoms with E-state index in [0.29, 0.717) is 55.7 Å². The molecule has 4 amide bonds. The number of fused-ring (bicyclic) bond motifs is 1. The summed E-state index contributed by atoms with van der Waals surface area (Å²) in [4.78, 5) is 75.3. The van der Waals surface area contributed by atoms with Crippen molar-refractivity contribution >= 4 is 40.4 Å². The van der Waals surface area contributed by atoms with Crippen molar-refractivity contribution in [2.45, 2.75) is 70.3 Å². The minimum atomic E-state index is -3.01. The average Bonchev–Trinajstić information content (AvgIpc) is 3.60. The fourth-order valence-electron chi connectivity index (χ4n) is 7.10. The minimum absolute atomic E-state index is 0.0952. The number of nitrogens with zero attached hydrogens (tertiary/aromatic N) is 6. The smallest absolute Gasteiger partial charge is 0.420 e. The Balaban J connectivity index is 0.783. The summed E-state index contributed by atoms with van der Waals surface area (Å²) in [5.74, 6) is -1.81. The van der Waals surface area contributed by atoms with Gasteiger partial charge in [0.25, 0.3) is 18.2 Å². The number of aromatic nitrogens is 6. The first kappa shape index (κ1) is 40.9. The lowest BCUT2D eigenvalue weighted by Crippen LogP contribution is -2.43. The number of para-hydroxylation sites is 1. The third-order valence-electron chi connectivity index (χ3n) is 10.5. The molecule has 5 aromatic heterocycles. The number of halogens is 2. The zero-order valence-electron chi connectivity index (χ0n) is 32.8. The highest BCUT2D eigenvalue weighted by Crippen LogP contribution is 2.34. The van der Waals surface area contributed by atoms with Crippen LogP contribution in [0.15, 0.2) is 80.9 Å². The van der Waals surface area contributed by atoms with Gasteiger partial charge in [0, 0.05) is 43.6 Å². The maximum atomic E-state index is 14.0. The molecule has 8 rings (SSSR count). The van der Waals surface area contributed by atoms with Crippen molar-refractivity contribution in [3.05, 3.63) is 106 Å². The van der Waals surface area contributed by atoms with Crippen molar-refractivity contribution < 1.29 is 41.5 Å². The number of rotatable bonds is 18. The van der Waals surface area contributed by atoms with E-state index < -0.39 is 41.6 Å². The summed E-state index contributed by atoms with van der Waals surface area (Å²) in [7, 11) is 0. The van der Waals surface area contributed by atoms with Crippen LogP contribution in [0.1, 0.15) is 95.3 Å². The minimum Gasteiger partial charge on any atom is -0.444 e. The van der Waals surface area contributed by atoms with E-state index in [-0.39, 0.29) is 47.4 Å². The molecule has 1 atom stereocenters. The van der Waals surface area contributed by atoms with Crippen LogP contribution in [0.3, 0.4) is 0 Å². The second-order valence-corrected chi connectivity index (χ2v) is 14.9. The second kappa shape index (κ2) is 18.2. The highest BCUT2D eigenvalue weighted by atomic mass is 19.3. The number of piperidine rings is 1. The molecule has 17 nitrogen and oxygen atoms in total. The van der Waals surface area contributed by atoms with Crippen LogP contribution in [-0.2, 0) is 27.2 Å². The number of carbonyl (C=O) groups is 4. The molecule has 19 heteroatoms. The van der Waals surface area contributed by atoms with Crippen molar-refractivity contribution in [3.63, 3.8) is 0 Å². The molecular formula is C42H41F2N9O8.